The summed E-state index contributed by atoms with van der Waals surface area (Å²) in [7, 11) is 5.03. The highest BCUT2D eigenvalue weighted by atomic mass is 32.2. The van der Waals surface area contributed by atoms with E-state index in [2.05, 4.69) is 0 Å². The van der Waals surface area contributed by atoms with Gasteiger partial charge in [-0.1, -0.05) is 6.07 Å². The molecule has 0 N–H and O–H groups in total. The van der Waals surface area contributed by atoms with E-state index in [4.69, 9.17) is 4.74 Å². The van der Waals surface area contributed by atoms with Crippen LogP contribution in [0.25, 0.3) is 0 Å². The molecule has 112 valence electrons. The number of rotatable bonds is 3. The largest absolute Gasteiger partial charge is 0.497 e. The van der Waals surface area contributed by atoms with Crippen LogP contribution in [0.4, 0.5) is 5.69 Å². The van der Waals surface area contributed by atoms with Gasteiger partial charge < -0.3 is 14.5 Å². The molecule has 0 aliphatic carbocycles. The van der Waals surface area contributed by atoms with Crippen molar-refractivity contribution in [3.05, 3.63) is 24.3 Å². The van der Waals surface area contributed by atoms with Crippen LogP contribution in [0.5, 0.6) is 5.75 Å². The average molecular weight is 298 g/mol. The first-order valence-corrected chi connectivity index (χ1v) is 7.91. The second kappa shape index (κ2) is 8.58. The van der Waals surface area contributed by atoms with Gasteiger partial charge >= 0.3 is 0 Å². The maximum absolute atomic E-state index is 10.7. The van der Waals surface area contributed by atoms with Crippen LogP contribution in [0.15, 0.2) is 24.3 Å². The van der Waals surface area contributed by atoms with Gasteiger partial charge in [-0.15, -0.1) is 0 Å². The molecule has 0 bridgehead atoms. The third-order valence-electron chi connectivity index (χ3n) is 2.93. The molecule has 20 heavy (non-hydrogen) atoms. The van der Waals surface area contributed by atoms with Gasteiger partial charge in [-0.05, 0) is 12.1 Å². The fraction of sp³-hybridized carbons (Fsp3) is 0.500. The second-order valence-corrected chi connectivity index (χ2v) is 6.28. The number of nitrogens with zero attached hydrogens (tertiary/aromatic N) is 2. The minimum Gasteiger partial charge on any atom is -0.497 e. The van der Waals surface area contributed by atoms with Gasteiger partial charge in [0.2, 0.25) is 6.41 Å². The molecule has 5 nitrogen and oxygen atoms in total. The Balaban J connectivity index is 0.000000204. The Labute approximate surface area is 123 Å². The van der Waals surface area contributed by atoms with Crippen molar-refractivity contribution in [1.29, 1.82) is 0 Å². The van der Waals surface area contributed by atoms with E-state index in [9.17, 15) is 9.00 Å². The third kappa shape index (κ3) is 5.61. The van der Waals surface area contributed by atoms with E-state index in [0.29, 0.717) is 24.6 Å². The molecule has 0 saturated carbocycles. The van der Waals surface area contributed by atoms with Crippen LogP contribution in [-0.4, -0.2) is 61.3 Å². The van der Waals surface area contributed by atoms with E-state index in [1.807, 2.05) is 43.3 Å². The highest BCUT2D eigenvalue weighted by molar-refractivity contribution is 7.85. The summed E-state index contributed by atoms with van der Waals surface area (Å²) in [4.78, 5) is 13.8. The van der Waals surface area contributed by atoms with Crippen LogP contribution in [-0.2, 0) is 15.6 Å². The van der Waals surface area contributed by atoms with Crippen molar-refractivity contribution in [1.82, 2.24) is 4.90 Å². The molecule has 1 amide bonds. The third-order valence-corrected chi connectivity index (χ3v) is 4.21. The van der Waals surface area contributed by atoms with Gasteiger partial charge in [0.15, 0.2) is 0 Å². The Morgan fingerprint density at radius 1 is 1.30 bits per heavy atom. The molecule has 0 aromatic heterocycles. The van der Waals surface area contributed by atoms with Gasteiger partial charge in [0.25, 0.3) is 0 Å². The first-order valence-electron chi connectivity index (χ1n) is 6.42. The van der Waals surface area contributed by atoms with Crippen molar-refractivity contribution in [2.45, 2.75) is 0 Å². The summed E-state index contributed by atoms with van der Waals surface area (Å²) >= 11 is 0. The van der Waals surface area contributed by atoms with Gasteiger partial charge in [0.1, 0.15) is 5.75 Å². The minimum absolute atomic E-state index is 0.652. The predicted octanol–water partition coefficient (Wildman–Crippen LogP) is 0.968. The van der Waals surface area contributed by atoms with Gasteiger partial charge in [-0.3, -0.25) is 9.00 Å². The van der Waals surface area contributed by atoms with Crippen molar-refractivity contribution in [2.75, 3.05) is 50.7 Å². The molecule has 0 spiro atoms. The van der Waals surface area contributed by atoms with Gasteiger partial charge in [0.05, 0.1) is 7.11 Å². The highest BCUT2D eigenvalue weighted by Gasteiger charge is 2.11. The summed E-state index contributed by atoms with van der Waals surface area (Å²) in [5.74, 6) is 2.20. The number of carbonyl (C=O) groups excluding carboxylic acids is 1. The van der Waals surface area contributed by atoms with Gasteiger partial charge in [0, 0.05) is 61.2 Å². The molecule has 1 heterocycles. The van der Waals surface area contributed by atoms with Crippen LogP contribution in [0.3, 0.4) is 0 Å². The Bertz CT molecular complexity index is 442. The monoisotopic (exact) mass is 298 g/mol. The molecule has 1 aromatic rings. The summed E-state index contributed by atoms with van der Waals surface area (Å²) in [5, 5.41) is 0. The fourth-order valence-corrected chi connectivity index (χ4v) is 2.73. The van der Waals surface area contributed by atoms with Gasteiger partial charge in [-0.25, -0.2) is 0 Å². The van der Waals surface area contributed by atoms with Crippen molar-refractivity contribution >= 4 is 22.9 Å². The quantitative estimate of drug-likeness (QED) is 0.780. The van der Waals surface area contributed by atoms with E-state index in [-0.39, 0.29) is 0 Å². The van der Waals surface area contributed by atoms with Crippen LogP contribution in [0, 0.1) is 0 Å². The average Bonchev–Trinajstić information content (AvgIpc) is 2.49. The van der Waals surface area contributed by atoms with E-state index in [1.165, 1.54) is 0 Å². The molecule has 0 atom stereocenters. The molecule has 0 unspecified atom stereocenters. The first-order chi connectivity index (χ1) is 9.56. The summed E-state index contributed by atoms with van der Waals surface area (Å²) in [6.45, 7) is 1.33. The molecule has 0 radical (unpaired) electrons. The van der Waals surface area contributed by atoms with Crippen LogP contribution in [0.2, 0.25) is 0 Å². The molecule has 2 rings (SSSR count). The Morgan fingerprint density at radius 3 is 2.45 bits per heavy atom. The molecule has 1 aliphatic rings. The standard InChI is InChI=1S/C9H13NO.C5H9NO2S/c1-10(2)8-5-4-6-9(7-8)11-3;7-5-6-1-3-9(8)4-2-6/h4-7H,1-3H3;5H,1-4H2. The number of benzene rings is 1. The molecule has 1 aliphatic heterocycles. The summed E-state index contributed by atoms with van der Waals surface area (Å²) in [5.41, 5.74) is 1.16. The Morgan fingerprint density at radius 2 is 1.95 bits per heavy atom. The van der Waals surface area contributed by atoms with Crippen molar-refractivity contribution in [3.8, 4) is 5.75 Å². The number of anilines is 1. The van der Waals surface area contributed by atoms with Crippen LogP contribution >= 0.6 is 0 Å². The zero-order chi connectivity index (χ0) is 15.0. The minimum atomic E-state index is -0.663. The maximum atomic E-state index is 10.7. The molecule has 1 fully saturated rings. The predicted molar refractivity (Wildman–Crippen MR) is 82.8 cm³/mol. The number of hydrogen-bond acceptors (Lipinski definition) is 4. The summed E-state index contributed by atoms with van der Waals surface area (Å²) < 4.78 is 15.8. The lowest BCUT2D eigenvalue weighted by atomic mass is 10.3. The smallest absolute Gasteiger partial charge is 0.209 e. The number of carbonyl (C=O) groups is 1. The summed E-state index contributed by atoms with van der Waals surface area (Å²) in [6.07, 6.45) is 0.816. The molecule has 1 saturated heterocycles. The highest BCUT2D eigenvalue weighted by Crippen LogP contribution is 2.18. The van der Waals surface area contributed by atoms with E-state index in [0.717, 1.165) is 17.8 Å². The van der Waals surface area contributed by atoms with Crippen LogP contribution < -0.4 is 9.64 Å². The van der Waals surface area contributed by atoms with E-state index in [1.54, 1.807) is 12.0 Å². The summed E-state index contributed by atoms with van der Waals surface area (Å²) in [6, 6.07) is 7.96. The Kier molecular flexibility index (Phi) is 7.08. The number of ether oxygens (including phenoxy) is 1. The number of hydrogen-bond donors (Lipinski definition) is 0. The molecular formula is C14H22N2O3S. The van der Waals surface area contributed by atoms with Gasteiger partial charge in [-0.2, -0.15) is 0 Å². The van der Waals surface area contributed by atoms with E-state index < -0.39 is 10.8 Å². The lowest BCUT2D eigenvalue weighted by Crippen LogP contribution is -2.36. The van der Waals surface area contributed by atoms with E-state index >= 15 is 0 Å². The topological polar surface area (TPSA) is 49.9 Å². The van der Waals surface area contributed by atoms with Crippen molar-refractivity contribution in [3.63, 3.8) is 0 Å². The van der Waals surface area contributed by atoms with Crippen LogP contribution in [0.1, 0.15) is 0 Å². The zero-order valence-electron chi connectivity index (χ0n) is 12.2. The second-order valence-electron chi connectivity index (χ2n) is 4.59. The lowest BCUT2D eigenvalue weighted by Gasteiger charge is -2.21. The van der Waals surface area contributed by atoms with Crippen molar-refractivity contribution < 1.29 is 13.7 Å². The fourth-order valence-electron chi connectivity index (χ4n) is 1.65. The molecule has 1 aromatic carbocycles. The Hall–Kier alpha value is -1.56. The number of amides is 1. The lowest BCUT2D eigenvalue weighted by molar-refractivity contribution is -0.117. The maximum Gasteiger partial charge on any atom is 0.209 e. The molecule has 6 heteroatoms. The zero-order valence-corrected chi connectivity index (χ0v) is 13.1. The van der Waals surface area contributed by atoms with Crippen molar-refractivity contribution in [2.24, 2.45) is 0 Å². The SMILES string of the molecule is COc1cccc(N(C)C)c1.O=CN1CCS(=O)CC1. The normalized spacial score (nSPS) is 15.1. The first kappa shape index (κ1) is 16.5. The number of methoxy groups -OCH3 is 1. The molecular weight excluding hydrogens is 276 g/mol.